The van der Waals surface area contributed by atoms with Crippen LogP contribution in [0.25, 0.3) is 0 Å². The number of rotatable bonds is 6. The molecule has 0 bridgehead atoms. The first-order valence-corrected chi connectivity index (χ1v) is 7.43. The molecule has 1 amide bonds. The van der Waals surface area contributed by atoms with E-state index in [2.05, 4.69) is 10.2 Å². The number of nitrogens with zero attached hydrogens (tertiary/aromatic N) is 1. The van der Waals surface area contributed by atoms with Gasteiger partial charge in [0.05, 0.1) is 13.2 Å². The number of hydrogen-bond donors (Lipinski definition) is 1. The summed E-state index contributed by atoms with van der Waals surface area (Å²) in [5.74, 6) is 0.116. The number of carbonyl (C=O) groups excluding carboxylic acids is 1. The van der Waals surface area contributed by atoms with E-state index in [0.717, 1.165) is 44.3 Å². The van der Waals surface area contributed by atoms with Crippen LogP contribution in [0.5, 0.6) is 0 Å². The second kappa shape index (κ2) is 8.25. The molecule has 0 saturated carbocycles. The average Bonchev–Trinajstić information content (AvgIpc) is 2.48. The van der Waals surface area contributed by atoms with E-state index in [0.29, 0.717) is 13.0 Å². The molecule has 1 N–H and O–H groups in total. The van der Waals surface area contributed by atoms with Gasteiger partial charge in [0.25, 0.3) is 0 Å². The lowest BCUT2D eigenvalue weighted by Gasteiger charge is -2.26. The van der Waals surface area contributed by atoms with Crippen LogP contribution in [0, 0.1) is 0 Å². The first-order chi connectivity index (χ1) is 9.74. The number of ether oxygens (including phenoxy) is 1. The van der Waals surface area contributed by atoms with Crippen LogP contribution in [0.1, 0.15) is 12.0 Å². The predicted octanol–water partition coefficient (Wildman–Crippen LogP) is 1.72. The van der Waals surface area contributed by atoms with Gasteiger partial charge in [0.2, 0.25) is 5.91 Å². The van der Waals surface area contributed by atoms with Crippen LogP contribution in [-0.4, -0.2) is 50.2 Å². The van der Waals surface area contributed by atoms with Gasteiger partial charge in [-0.15, -0.1) is 0 Å². The van der Waals surface area contributed by atoms with Crippen LogP contribution in [0.2, 0.25) is 5.02 Å². The van der Waals surface area contributed by atoms with Gasteiger partial charge in [0, 0.05) is 37.6 Å². The first kappa shape index (κ1) is 15.3. The Hall–Kier alpha value is -1.10. The SMILES string of the molecule is O=C(CCN1CCOCC1)NCCc1ccc(Cl)cc1. The second-order valence-corrected chi connectivity index (χ2v) is 5.37. The molecule has 110 valence electrons. The molecule has 1 aliphatic heterocycles. The fourth-order valence-corrected chi connectivity index (χ4v) is 2.30. The number of carbonyl (C=O) groups is 1. The Balaban J connectivity index is 1.58. The molecule has 1 aromatic rings. The molecule has 0 spiro atoms. The third kappa shape index (κ3) is 5.49. The van der Waals surface area contributed by atoms with Crippen LogP contribution in [0.4, 0.5) is 0 Å². The van der Waals surface area contributed by atoms with Crippen LogP contribution >= 0.6 is 11.6 Å². The summed E-state index contributed by atoms with van der Waals surface area (Å²) >= 11 is 5.83. The molecule has 0 unspecified atom stereocenters. The minimum Gasteiger partial charge on any atom is -0.379 e. The molecule has 5 heteroatoms. The van der Waals surface area contributed by atoms with Gasteiger partial charge >= 0.3 is 0 Å². The molecule has 1 heterocycles. The lowest BCUT2D eigenvalue weighted by Crippen LogP contribution is -2.39. The Morgan fingerprint density at radius 1 is 1.25 bits per heavy atom. The van der Waals surface area contributed by atoms with E-state index in [4.69, 9.17) is 16.3 Å². The Morgan fingerprint density at radius 2 is 1.95 bits per heavy atom. The second-order valence-electron chi connectivity index (χ2n) is 4.93. The van der Waals surface area contributed by atoms with E-state index in [1.54, 1.807) is 0 Å². The molecular weight excluding hydrogens is 276 g/mol. The maximum atomic E-state index is 11.7. The minimum absolute atomic E-state index is 0.116. The van der Waals surface area contributed by atoms with Crippen LogP contribution in [0.15, 0.2) is 24.3 Å². The van der Waals surface area contributed by atoms with Gasteiger partial charge in [0.1, 0.15) is 0 Å². The van der Waals surface area contributed by atoms with E-state index >= 15 is 0 Å². The first-order valence-electron chi connectivity index (χ1n) is 7.05. The van der Waals surface area contributed by atoms with E-state index < -0.39 is 0 Å². The Morgan fingerprint density at radius 3 is 2.65 bits per heavy atom. The number of nitrogens with one attached hydrogen (secondary N) is 1. The van der Waals surface area contributed by atoms with Crippen molar-refractivity contribution < 1.29 is 9.53 Å². The highest BCUT2D eigenvalue weighted by Crippen LogP contribution is 2.09. The topological polar surface area (TPSA) is 41.6 Å². The van der Waals surface area contributed by atoms with Crippen molar-refractivity contribution in [1.82, 2.24) is 10.2 Å². The van der Waals surface area contributed by atoms with Gasteiger partial charge in [-0.25, -0.2) is 0 Å². The molecule has 0 aliphatic carbocycles. The summed E-state index contributed by atoms with van der Waals surface area (Å²) in [6, 6.07) is 7.72. The molecular formula is C15H21ClN2O2. The molecule has 1 aromatic carbocycles. The summed E-state index contributed by atoms with van der Waals surface area (Å²) in [4.78, 5) is 14.0. The van der Waals surface area contributed by atoms with Crippen molar-refractivity contribution in [2.45, 2.75) is 12.8 Å². The highest BCUT2D eigenvalue weighted by molar-refractivity contribution is 6.30. The maximum absolute atomic E-state index is 11.7. The molecule has 4 nitrogen and oxygen atoms in total. The highest BCUT2D eigenvalue weighted by atomic mass is 35.5. The standard InChI is InChI=1S/C15H21ClN2O2/c16-14-3-1-13(2-4-14)5-7-17-15(19)6-8-18-9-11-20-12-10-18/h1-4H,5-12H2,(H,17,19). The lowest BCUT2D eigenvalue weighted by molar-refractivity contribution is -0.121. The van der Waals surface area contributed by atoms with E-state index in [-0.39, 0.29) is 5.91 Å². The zero-order valence-corrected chi connectivity index (χ0v) is 12.4. The smallest absolute Gasteiger partial charge is 0.221 e. The van der Waals surface area contributed by atoms with Gasteiger partial charge in [0.15, 0.2) is 0 Å². The zero-order chi connectivity index (χ0) is 14.2. The number of amides is 1. The monoisotopic (exact) mass is 296 g/mol. The van der Waals surface area contributed by atoms with E-state index in [1.165, 1.54) is 5.56 Å². The third-order valence-electron chi connectivity index (χ3n) is 3.41. The summed E-state index contributed by atoms with van der Waals surface area (Å²) < 4.78 is 5.28. The van der Waals surface area contributed by atoms with Gasteiger partial charge in [-0.1, -0.05) is 23.7 Å². The van der Waals surface area contributed by atoms with Gasteiger partial charge in [-0.2, -0.15) is 0 Å². The fraction of sp³-hybridized carbons (Fsp3) is 0.533. The molecule has 1 saturated heterocycles. The van der Waals surface area contributed by atoms with Crippen molar-refractivity contribution in [2.75, 3.05) is 39.4 Å². The number of hydrogen-bond acceptors (Lipinski definition) is 3. The number of benzene rings is 1. The largest absolute Gasteiger partial charge is 0.379 e. The summed E-state index contributed by atoms with van der Waals surface area (Å²) in [5, 5.41) is 3.69. The van der Waals surface area contributed by atoms with Gasteiger partial charge in [-0.05, 0) is 24.1 Å². The Kier molecular flexibility index (Phi) is 6.30. The summed E-state index contributed by atoms with van der Waals surface area (Å²) in [6.45, 7) is 4.90. The third-order valence-corrected chi connectivity index (χ3v) is 3.66. The molecule has 20 heavy (non-hydrogen) atoms. The maximum Gasteiger partial charge on any atom is 0.221 e. The summed E-state index contributed by atoms with van der Waals surface area (Å²) in [5.41, 5.74) is 1.18. The molecule has 1 aliphatic rings. The predicted molar refractivity (Wildman–Crippen MR) is 80.0 cm³/mol. The number of morpholine rings is 1. The lowest BCUT2D eigenvalue weighted by atomic mass is 10.1. The van der Waals surface area contributed by atoms with E-state index in [1.807, 2.05) is 24.3 Å². The van der Waals surface area contributed by atoms with Crippen molar-refractivity contribution in [3.05, 3.63) is 34.9 Å². The Labute approximate surface area is 125 Å². The van der Waals surface area contributed by atoms with Crippen molar-refractivity contribution in [2.24, 2.45) is 0 Å². The minimum atomic E-state index is 0.116. The van der Waals surface area contributed by atoms with Crippen molar-refractivity contribution >= 4 is 17.5 Å². The molecule has 1 fully saturated rings. The molecule has 0 aromatic heterocycles. The molecule has 0 radical (unpaired) electrons. The summed E-state index contributed by atoms with van der Waals surface area (Å²) in [7, 11) is 0. The number of halogens is 1. The zero-order valence-electron chi connectivity index (χ0n) is 11.6. The highest BCUT2D eigenvalue weighted by Gasteiger charge is 2.11. The van der Waals surface area contributed by atoms with Crippen molar-refractivity contribution in [3.8, 4) is 0 Å². The quantitative estimate of drug-likeness (QED) is 0.869. The normalized spacial score (nSPS) is 16.1. The van der Waals surface area contributed by atoms with Gasteiger partial charge < -0.3 is 10.1 Å². The fourth-order valence-electron chi connectivity index (χ4n) is 2.17. The summed E-state index contributed by atoms with van der Waals surface area (Å²) in [6.07, 6.45) is 1.39. The van der Waals surface area contributed by atoms with Crippen molar-refractivity contribution in [1.29, 1.82) is 0 Å². The molecule has 2 rings (SSSR count). The molecule has 0 atom stereocenters. The van der Waals surface area contributed by atoms with Crippen LogP contribution < -0.4 is 5.32 Å². The van der Waals surface area contributed by atoms with Crippen LogP contribution in [0.3, 0.4) is 0 Å². The Bertz CT molecular complexity index is 416. The van der Waals surface area contributed by atoms with Crippen LogP contribution in [-0.2, 0) is 16.0 Å². The van der Waals surface area contributed by atoms with Gasteiger partial charge in [-0.3, -0.25) is 9.69 Å². The van der Waals surface area contributed by atoms with E-state index in [9.17, 15) is 4.79 Å². The average molecular weight is 297 g/mol. The van der Waals surface area contributed by atoms with Crippen molar-refractivity contribution in [3.63, 3.8) is 0 Å².